The first kappa shape index (κ1) is 16.3. The predicted molar refractivity (Wildman–Crippen MR) is 92.0 cm³/mol. The van der Waals surface area contributed by atoms with Crippen molar-refractivity contribution < 1.29 is 0 Å². The second-order valence-electron chi connectivity index (χ2n) is 6.07. The number of fused-ring (bicyclic) bond motifs is 1. The van der Waals surface area contributed by atoms with E-state index in [1.54, 1.807) is 0 Å². The number of benzene rings is 1. The minimum Gasteiger partial charge on any atom is -0.356 e. The predicted octanol–water partition coefficient (Wildman–Crippen LogP) is 4.03. The van der Waals surface area contributed by atoms with E-state index in [9.17, 15) is 0 Å². The second-order valence-corrected chi connectivity index (χ2v) is 6.44. The van der Waals surface area contributed by atoms with Crippen molar-refractivity contribution >= 4 is 22.5 Å². The molecule has 3 nitrogen and oxygen atoms in total. The molecule has 0 saturated heterocycles. The molecule has 0 unspecified atom stereocenters. The summed E-state index contributed by atoms with van der Waals surface area (Å²) in [6.07, 6.45) is 0. The summed E-state index contributed by atoms with van der Waals surface area (Å²) in [7, 11) is 0. The van der Waals surface area contributed by atoms with Crippen LogP contribution in [0.4, 0.5) is 0 Å². The summed E-state index contributed by atoms with van der Waals surface area (Å²) in [6.45, 7) is 11.8. The van der Waals surface area contributed by atoms with Gasteiger partial charge in [0.2, 0.25) is 0 Å². The van der Waals surface area contributed by atoms with Crippen LogP contribution in [-0.2, 0) is 6.54 Å². The van der Waals surface area contributed by atoms with Crippen molar-refractivity contribution in [1.29, 1.82) is 0 Å². The molecule has 2 aromatic rings. The van der Waals surface area contributed by atoms with Crippen molar-refractivity contribution in [2.24, 2.45) is 0 Å². The maximum absolute atomic E-state index is 6.42. The molecule has 2 N–H and O–H groups in total. The molecule has 0 aliphatic heterocycles. The molecular weight excluding hydrogens is 282 g/mol. The normalized spacial score (nSPS) is 12.2. The van der Waals surface area contributed by atoms with E-state index in [0.717, 1.165) is 41.3 Å². The van der Waals surface area contributed by atoms with Crippen LogP contribution in [0.15, 0.2) is 24.3 Å². The number of H-pyrrole nitrogens is 1. The Labute approximate surface area is 132 Å². The summed E-state index contributed by atoms with van der Waals surface area (Å²) in [5.41, 5.74) is 2.17. The molecule has 0 aliphatic carbocycles. The Hall–Kier alpha value is -1.03. The van der Waals surface area contributed by atoms with Crippen LogP contribution >= 0.6 is 11.6 Å². The summed E-state index contributed by atoms with van der Waals surface area (Å²) in [5, 5.41) is 5.42. The van der Waals surface area contributed by atoms with Gasteiger partial charge in [0.05, 0.1) is 5.02 Å². The first-order chi connectivity index (χ1) is 10.0. The Morgan fingerprint density at radius 1 is 1.14 bits per heavy atom. The Morgan fingerprint density at radius 3 is 2.43 bits per heavy atom. The van der Waals surface area contributed by atoms with Gasteiger partial charge in [-0.1, -0.05) is 29.8 Å². The molecule has 1 aromatic carbocycles. The van der Waals surface area contributed by atoms with Crippen molar-refractivity contribution in [2.75, 3.05) is 13.1 Å². The van der Waals surface area contributed by atoms with Crippen LogP contribution < -0.4 is 5.32 Å². The minimum absolute atomic E-state index is 0.573. The number of rotatable bonds is 7. The van der Waals surface area contributed by atoms with Crippen LogP contribution in [0, 0.1) is 0 Å². The molecule has 0 amide bonds. The zero-order valence-electron chi connectivity index (χ0n) is 13.4. The van der Waals surface area contributed by atoms with Crippen molar-refractivity contribution in [3.8, 4) is 0 Å². The largest absolute Gasteiger partial charge is 0.356 e. The zero-order valence-corrected chi connectivity index (χ0v) is 14.2. The molecule has 0 atom stereocenters. The van der Waals surface area contributed by atoms with Gasteiger partial charge in [0.25, 0.3) is 0 Å². The van der Waals surface area contributed by atoms with E-state index in [-0.39, 0.29) is 0 Å². The fourth-order valence-electron chi connectivity index (χ4n) is 2.82. The molecule has 0 spiro atoms. The number of aromatic nitrogens is 1. The van der Waals surface area contributed by atoms with Crippen molar-refractivity contribution in [3.05, 3.63) is 35.0 Å². The molecule has 0 radical (unpaired) electrons. The van der Waals surface area contributed by atoms with E-state index in [1.807, 2.05) is 12.1 Å². The second kappa shape index (κ2) is 7.30. The lowest BCUT2D eigenvalue weighted by molar-refractivity contribution is 0.175. The third-order valence-corrected chi connectivity index (χ3v) is 4.32. The van der Waals surface area contributed by atoms with E-state index in [0.29, 0.717) is 12.1 Å². The van der Waals surface area contributed by atoms with Gasteiger partial charge >= 0.3 is 0 Å². The lowest BCUT2D eigenvalue weighted by Crippen LogP contribution is -2.41. The van der Waals surface area contributed by atoms with E-state index in [2.05, 4.69) is 55.0 Å². The Morgan fingerprint density at radius 2 is 1.81 bits per heavy atom. The number of nitrogens with zero attached hydrogens (tertiary/aromatic N) is 1. The maximum Gasteiger partial charge on any atom is 0.0705 e. The molecule has 116 valence electrons. The first-order valence-corrected chi connectivity index (χ1v) is 8.10. The van der Waals surface area contributed by atoms with E-state index in [1.165, 1.54) is 0 Å². The van der Waals surface area contributed by atoms with Crippen LogP contribution in [0.3, 0.4) is 0 Å². The summed E-state index contributed by atoms with van der Waals surface area (Å²) in [6, 6.07) is 9.30. The van der Waals surface area contributed by atoms with E-state index < -0.39 is 0 Å². The standard InChI is InChI=1S/C17H26ClN3/c1-12(2)21(13(3)4)10-9-19-11-16-17(18)14-7-5-6-8-15(14)20-16/h5-8,12-13,19-20H,9-11H2,1-4H3. The Kier molecular flexibility index (Phi) is 5.68. The number of hydrogen-bond donors (Lipinski definition) is 2. The van der Waals surface area contributed by atoms with Gasteiger partial charge in [0.15, 0.2) is 0 Å². The molecule has 2 rings (SSSR count). The lowest BCUT2D eigenvalue weighted by Gasteiger charge is -2.30. The number of halogens is 1. The molecule has 1 aromatic heterocycles. The number of aromatic amines is 1. The van der Waals surface area contributed by atoms with Crippen LogP contribution in [0.1, 0.15) is 33.4 Å². The van der Waals surface area contributed by atoms with Gasteiger partial charge in [-0.15, -0.1) is 0 Å². The molecule has 0 aliphatic rings. The highest BCUT2D eigenvalue weighted by Crippen LogP contribution is 2.26. The quantitative estimate of drug-likeness (QED) is 0.757. The highest BCUT2D eigenvalue weighted by Gasteiger charge is 2.13. The third-order valence-electron chi connectivity index (χ3n) is 3.89. The van der Waals surface area contributed by atoms with Crippen molar-refractivity contribution in [2.45, 2.75) is 46.3 Å². The number of nitrogens with one attached hydrogen (secondary N) is 2. The van der Waals surface area contributed by atoms with E-state index >= 15 is 0 Å². The third kappa shape index (κ3) is 4.00. The first-order valence-electron chi connectivity index (χ1n) is 7.72. The van der Waals surface area contributed by atoms with Crippen LogP contribution in [0.2, 0.25) is 5.02 Å². The molecule has 21 heavy (non-hydrogen) atoms. The van der Waals surface area contributed by atoms with Gasteiger partial charge in [0, 0.05) is 48.3 Å². The zero-order chi connectivity index (χ0) is 15.4. The molecule has 0 bridgehead atoms. The smallest absolute Gasteiger partial charge is 0.0705 e. The van der Waals surface area contributed by atoms with Gasteiger partial charge in [-0.2, -0.15) is 0 Å². The van der Waals surface area contributed by atoms with Crippen molar-refractivity contribution in [3.63, 3.8) is 0 Å². The maximum atomic E-state index is 6.42. The van der Waals surface area contributed by atoms with Gasteiger partial charge in [-0.3, -0.25) is 4.90 Å². The van der Waals surface area contributed by atoms with Crippen LogP contribution in [0.25, 0.3) is 10.9 Å². The SMILES string of the molecule is CC(C)N(CCNCc1[nH]c2ccccc2c1Cl)C(C)C. The monoisotopic (exact) mass is 307 g/mol. The molecule has 4 heteroatoms. The van der Waals surface area contributed by atoms with Crippen molar-refractivity contribution in [1.82, 2.24) is 15.2 Å². The molecule has 1 heterocycles. The lowest BCUT2D eigenvalue weighted by atomic mass is 10.2. The summed E-state index contributed by atoms with van der Waals surface area (Å²) in [5.74, 6) is 0. The molecule has 0 saturated carbocycles. The average Bonchev–Trinajstić information content (AvgIpc) is 2.75. The van der Waals surface area contributed by atoms with Gasteiger partial charge in [-0.05, 0) is 33.8 Å². The van der Waals surface area contributed by atoms with Gasteiger partial charge < -0.3 is 10.3 Å². The van der Waals surface area contributed by atoms with Gasteiger partial charge in [0.1, 0.15) is 0 Å². The highest BCUT2D eigenvalue weighted by atomic mass is 35.5. The Balaban J connectivity index is 1.89. The van der Waals surface area contributed by atoms with Gasteiger partial charge in [-0.25, -0.2) is 0 Å². The topological polar surface area (TPSA) is 31.1 Å². The fourth-order valence-corrected chi connectivity index (χ4v) is 3.10. The summed E-state index contributed by atoms with van der Waals surface area (Å²) >= 11 is 6.42. The molecular formula is C17H26ClN3. The minimum atomic E-state index is 0.573. The fraction of sp³-hybridized carbons (Fsp3) is 0.529. The van der Waals surface area contributed by atoms with Crippen LogP contribution in [0.5, 0.6) is 0 Å². The number of hydrogen-bond acceptors (Lipinski definition) is 2. The average molecular weight is 308 g/mol. The van der Waals surface area contributed by atoms with E-state index in [4.69, 9.17) is 11.6 Å². The summed E-state index contributed by atoms with van der Waals surface area (Å²) < 4.78 is 0. The summed E-state index contributed by atoms with van der Waals surface area (Å²) in [4.78, 5) is 5.88. The van der Waals surface area contributed by atoms with Crippen LogP contribution in [-0.4, -0.2) is 35.1 Å². The number of para-hydroxylation sites is 1. The molecule has 0 fully saturated rings. The highest BCUT2D eigenvalue weighted by molar-refractivity contribution is 6.36. The Bertz CT molecular complexity index is 566.